The summed E-state index contributed by atoms with van der Waals surface area (Å²) in [6.45, 7) is 1.34. The fraction of sp³-hybridized carbons (Fsp3) is 1.00. The summed E-state index contributed by atoms with van der Waals surface area (Å²) in [7, 11) is 0. The van der Waals surface area contributed by atoms with Gasteiger partial charge >= 0.3 is 6.18 Å². The first-order valence-corrected chi connectivity index (χ1v) is 4.94. The van der Waals surface area contributed by atoms with Crippen molar-refractivity contribution in [1.29, 1.82) is 0 Å². The van der Waals surface area contributed by atoms with E-state index in [2.05, 4.69) is 5.32 Å². The average Bonchev–Trinajstić information content (AvgIpc) is 2.08. The maximum Gasteiger partial charge on any atom is 0.389 e. The van der Waals surface area contributed by atoms with Crippen LogP contribution in [0, 0.1) is 0 Å². The Morgan fingerprint density at radius 1 is 0.929 bits per heavy atom. The van der Waals surface area contributed by atoms with Crippen LogP contribution in [0.1, 0.15) is 32.1 Å². The fourth-order valence-electron chi connectivity index (χ4n) is 1.08. The van der Waals surface area contributed by atoms with Gasteiger partial charge < -0.3 is 10.4 Å². The van der Waals surface area contributed by atoms with Crippen molar-refractivity contribution in [3.63, 3.8) is 0 Å². The number of unbranched alkanes of at least 4 members (excludes halogenated alkanes) is 2. The second-order valence-electron chi connectivity index (χ2n) is 3.25. The average molecular weight is 213 g/mol. The lowest BCUT2D eigenvalue weighted by molar-refractivity contribution is -0.135. The monoisotopic (exact) mass is 213 g/mol. The summed E-state index contributed by atoms with van der Waals surface area (Å²) in [4.78, 5) is 0. The Hall–Kier alpha value is -0.290. The van der Waals surface area contributed by atoms with Crippen LogP contribution in [-0.2, 0) is 0 Å². The first-order valence-electron chi connectivity index (χ1n) is 4.94. The number of halogens is 3. The van der Waals surface area contributed by atoms with Crippen molar-refractivity contribution in [3.8, 4) is 0 Å². The third-order valence-corrected chi connectivity index (χ3v) is 1.83. The summed E-state index contributed by atoms with van der Waals surface area (Å²) < 4.78 is 35.0. The lowest BCUT2D eigenvalue weighted by Gasteiger charge is -2.06. The molecule has 0 aliphatic heterocycles. The molecule has 0 aromatic rings. The first kappa shape index (κ1) is 13.7. The maximum absolute atomic E-state index is 11.7. The molecule has 86 valence electrons. The zero-order chi connectivity index (χ0) is 10.9. The highest BCUT2D eigenvalue weighted by atomic mass is 19.4. The van der Waals surface area contributed by atoms with Crippen LogP contribution in [0.15, 0.2) is 0 Å². The summed E-state index contributed by atoms with van der Waals surface area (Å²) >= 11 is 0. The van der Waals surface area contributed by atoms with Crippen molar-refractivity contribution in [2.75, 3.05) is 19.7 Å². The van der Waals surface area contributed by atoms with E-state index in [-0.39, 0.29) is 13.0 Å². The predicted octanol–water partition coefficient (Wildman–Crippen LogP) is 2.08. The van der Waals surface area contributed by atoms with Crippen molar-refractivity contribution in [3.05, 3.63) is 0 Å². The zero-order valence-corrected chi connectivity index (χ0v) is 8.24. The topological polar surface area (TPSA) is 32.3 Å². The smallest absolute Gasteiger partial charge is 0.389 e. The zero-order valence-electron chi connectivity index (χ0n) is 8.24. The van der Waals surface area contributed by atoms with Crippen molar-refractivity contribution in [2.24, 2.45) is 0 Å². The van der Waals surface area contributed by atoms with Gasteiger partial charge in [0, 0.05) is 13.0 Å². The van der Waals surface area contributed by atoms with E-state index in [1.54, 1.807) is 0 Å². The largest absolute Gasteiger partial charge is 0.396 e. The van der Waals surface area contributed by atoms with Crippen molar-refractivity contribution >= 4 is 0 Å². The second-order valence-corrected chi connectivity index (χ2v) is 3.25. The third kappa shape index (κ3) is 11.7. The van der Waals surface area contributed by atoms with Gasteiger partial charge in [0.05, 0.1) is 0 Å². The molecule has 2 nitrogen and oxygen atoms in total. The van der Waals surface area contributed by atoms with Crippen molar-refractivity contribution in [1.82, 2.24) is 5.32 Å². The summed E-state index contributed by atoms with van der Waals surface area (Å²) in [5.74, 6) is 0. The van der Waals surface area contributed by atoms with E-state index in [0.29, 0.717) is 6.54 Å². The Bertz CT molecular complexity index is 128. The molecule has 0 fully saturated rings. The SMILES string of the molecule is OCCCCCNCCCC(F)(F)F. The Morgan fingerprint density at radius 3 is 2.14 bits per heavy atom. The minimum Gasteiger partial charge on any atom is -0.396 e. The molecule has 0 radical (unpaired) electrons. The van der Waals surface area contributed by atoms with Crippen LogP contribution in [0.3, 0.4) is 0 Å². The molecule has 0 aromatic heterocycles. The van der Waals surface area contributed by atoms with Gasteiger partial charge in [-0.15, -0.1) is 0 Å². The van der Waals surface area contributed by atoms with Gasteiger partial charge in [-0.25, -0.2) is 0 Å². The Balaban J connectivity index is 2.99. The molecule has 0 spiro atoms. The molecule has 0 aromatic carbocycles. The molecule has 0 amide bonds. The van der Waals surface area contributed by atoms with Crippen LogP contribution >= 0.6 is 0 Å². The molecule has 0 aliphatic carbocycles. The van der Waals surface area contributed by atoms with Crippen LogP contribution in [0.4, 0.5) is 13.2 Å². The van der Waals surface area contributed by atoms with Crippen LogP contribution in [0.5, 0.6) is 0 Å². The highest BCUT2D eigenvalue weighted by Gasteiger charge is 2.25. The first-order chi connectivity index (χ1) is 6.56. The molecule has 0 aliphatic rings. The van der Waals surface area contributed by atoms with Gasteiger partial charge in [-0.05, 0) is 38.8 Å². The van der Waals surface area contributed by atoms with E-state index in [1.165, 1.54) is 0 Å². The van der Waals surface area contributed by atoms with Crippen LogP contribution < -0.4 is 5.32 Å². The van der Waals surface area contributed by atoms with Crippen LogP contribution in [0.2, 0.25) is 0 Å². The number of nitrogens with one attached hydrogen (secondary N) is 1. The van der Waals surface area contributed by atoms with Gasteiger partial charge in [-0.3, -0.25) is 0 Å². The lowest BCUT2D eigenvalue weighted by atomic mass is 10.2. The van der Waals surface area contributed by atoms with Gasteiger partial charge in [-0.1, -0.05) is 0 Å². The minimum absolute atomic E-state index is 0.142. The summed E-state index contributed by atoms with van der Waals surface area (Å²) in [6, 6.07) is 0. The summed E-state index contributed by atoms with van der Waals surface area (Å²) in [5, 5.41) is 11.4. The van der Waals surface area contributed by atoms with E-state index >= 15 is 0 Å². The van der Waals surface area contributed by atoms with E-state index in [0.717, 1.165) is 25.8 Å². The number of aliphatic hydroxyl groups excluding tert-OH is 1. The summed E-state index contributed by atoms with van der Waals surface area (Å²) in [6.07, 6.45) is -2.00. The quantitative estimate of drug-likeness (QED) is 0.605. The maximum atomic E-state index is 11.7. The molecule has 0 saturated heterocycles. The second kappa shape index (κ2) is 8.05. The van der Waals surface area contributed by atoms with Crippen LogP contribution in [-0.4, -0.2) is 31.0 Å². The van der Waals surface area contributed by atoms with Crippen molar-refractivity contribution < 1.29 is 18.3 Å². The molecule has 0 saturated carbocycles. The molecule has 0 unspecified atom stereocenters. The van der Waals surface area contributed by atoms with E-state index < -0.39 is 12.6 Å². The number of hydrogen-bond acceptors (Lipinski definition) is 2. The number of hydrogen-bond donors (Lipinski definition) is 2. The van der Waals surface area contributed by atoms with Gasteiger partial charge in [0.25, 0.3) is 0 Å². The lowest BCUT2D eigenvalue weighted by Crippen LogP contribution is -2.19. The molecular weight excluding hydrogens is 195 g/mol. The Kier molecular flexibility index (Phi) is 7.89. The van der Waals surface area contributed by atoms with Crippen molar-refractivity contribution in [2.45, 2.75) is 38.3 Å². The molecule has 0 atom stereocenters. The van der Waals surface area contributed by atoms with E-state index in [1.807, 2.05) is 0 Å². The van der Waals surface area contributed by atoms with E-state index in [9.17, 15) is 13.2 Å². The molecule has 0 heterocycles. The standard InChI is InChI=1S/C9H18F3NO/c10-9(11,12)5-4-7-13-6-2-1-3-8-14/h13-14H,1-8H2. The molecule has 0 bridgehead atoms. The fourth-order valence-corrected chi connectivity index (χ4v) is 1.08. The molecule has 5 heteroatoms. The van der Waals surface area contributed by atoms with Gasteiger partial charge in [0.2, 0.25) is 0 Å². The van der Waals surface area contributed by atoms with Gasteiger partial charge in [-0.2, -0.15) is 13.2 Å². The summed E-state index contributed by atoms with van der Waals surface area (Å²) in [5.41, 5.74) is 0. The van der Waals surface area contributed by atoms with Gasteiger partial charge in [0.15, 0.2) is 0 Å². The number of rotatable bonds is 8. The Morgan fingerprint density at radius 2 is 1.57 bits per heavy atom. The Labute approximate surface area is 82.5 Å². The predicted molar refractivity (Wildman–Crippen MR) is 49.1 cm³/mol. The molecule has 0 rings (SSSR count). The molecule has 2 N–H and O–H groups in total. The normalized spacial score (nSPS) is 12.0. The molecular formula is C9H18F3NO. The number of alkyl halides is 3. The number of aliphatic hydroxyl groups is 1. The third-order valence-electron chi connectivity index (χ3n) is 1.83. The minimum atomic E-state index is -4.03. The molecule has 14 heavy (non-hydrogen) atoms. The van der Waals surface area contributed by atoms with Crippen LogP contribution in [0.25, 0.3) is 0 Å². The van der Waals surface area contributed by atoms with Gasteiger partial charge in [0.1, 0.15) is 0 Å². The highest BCUT2D eigenvalue weighted by molar-refractivity contribution is 4.54. The van der Waals surface area contributed by atoms with E-state index in [4.69, 9.17) is 5.11 Å². The highest BCUT2D eigenvalue weighted by Crippen LogP contribution is 2.20.